The molecule has 1 aliphatic rings. The second-order valence-corrected chi connectivity index (χ2v) is 5.71. The number of aromatic nitrogens is 2. The first-order chi connectivity index (χ1) is 9.98. The monoisotopic (exact) mass is 286 g/mol. The summed E-state index contributed by atoms with van der Waals surface area (Å²) in [5.74, 6) is 7.54. The van der Waals surface area contributed by atoms with Crippen molar-refractivity contribution in [3.05, 3.63) is 35.5 Å². The zero-order valence-electron chi connectivity index (χ0n) is 12.3. The Morgan fingerprint density at radius 3 is 2.95 bits per heavy atom. The van der Waals surface area contributed by atoms with Crippen LogP contribution in [0.2, 0.25) is 0 Å². The Hall–Kier alpha value is -2.34. The quantitative estimate of drug-likeness (QED) is 0.666. The fourth-order valence-electron chi connectivity index (χ4n) is 2.37. The van der Waals surface area contributed by atoms with Crippen LogP contribution in [0.4, 0.5) is 5.95 Å². The molecule has 0 bridgehead atoms. The maximum Gasteiger partial charge on any atom is 0.240 e. The molecule has 0 amide bonds. The third kappa shape index (κ3) is 2.62. The number of aryl methyl sites for hydroxylation is 1. The molecule has 21 heavy (non-hydrogen) atoms. The van der Waals surface area contributed by atoms with Gasteiger partial charge in [-0.3, -0.25) is 5.43 Å². The number of nitrogens with zero attached hydrogens (tertiary/aromatic N) is 2. The molecule has 1 aromatic heterocycles. The number of hydrogen-bond donors (Lipinski definition) is 2. The van der Waals surface area contributed by atoms with Crippen molar-refractivity contribution in [3.8, 4) is 17.4 Å². The maximum atomic E-state index is 5.99. The van der Waals surface area contributed by atoms with Crippen molar-refractivity contribution in [2.75, 3.05) is 5.43 Å². The van der Waals surface area contributed by atoms with Gasteiger partial charge >= 0.3 is 0 Å². The molecule has 0 fully saturated rings. The lowest BCUT2D eigenvalue weighted by Gasteiger charge is -2.18. The van der Waals surface area contributed by atoms with Gasteiger partial charge in [0.15, 0.2) is 11.5 Å². The first-order valence-electron chi connectivity index (χ1n) is 6.77. The molecular weight excluding hydrogens is 268 g/mol. The lowest BCUT2D eigenvalue weighted by atomic mass is 10.0. The lowest BCUT2D eigenvalue weighted by Crippen LogP contribution is -2.24. The molecule has 3 rings (SSSR count). The highest BCUT2D eigenvalue weighted by Gasteiger charge is 2.32. The van der Waals surface area contributed by atoms with Gasteiger partial charge in [-0.05, 0) is 26.8 Å². The SMILES string of the molecule is Cc1cnc(NN)nc1Oc1cccc2c1OC(C)(C)C2. The van der Waals surface area contributed by atoms with Gasteiger partial charge in [0.25, 0.3) is 0 Å². The van der Waals surface area contributed by atoms with Gasteiger partial charge in [0.2, 0.25) is 11.8 Å². The highest BCUT2D eigenvalue weighted by molar-refractivity contribution is 5.51. The molecule has 0 aliphatic carbocycles. The van der Waals surface area contributed by atoms with E-state index in [-0.39, 0.29) is 5.60 Å². The van der Waals surface area contributed by atoms with Crippen LogP contribution in [0.25, 0.3) is 0 Å². The second-order valence-electron chi connectivity index (χ2n) is 5.71. The third-order valence-corrected chi connectivity index (χ3v) is 3.32. The summed E-state index contributed by atoms with van der Waals surface area (Å²) in [7, 11) is 0. The summed E-state index contributed by atoms with van der Waals surface area (Å²) in [5.41, 5.74) is 4.16. The van der Waals surface area contributed by atoms with Crippen LogP contribution < -0.4 is 20.7 Å². The van der Waals surface area contributed by atoms with Crippen molar-refractivity contribution in [2.45, 2.75) is 32.8 Å². The normalized spacial score (nSPS) is 15.2. The summed E-state index contributed by atoms with van der Waals surface area (Å²) in [6.45, 7) is 6.00. The number of anilines is 1. The molecule has 0 saturated carbocycles. The van der Waals surface area contributed by atoms with Gasteiger partial charge in [-0.2, -0.15) is 4.98 Å². The van der Waals surface area contributed by atoms with Crippen molar-refractivity contribution in [1.82, 2.24) is 9.97 Å². The number of fused-ring (bicyclic) bond motifs is 1. The van der Waals surface area contributed by atoms with Crippen molar-refractivity contribution in [2.24, 2.45) is 5.84 Å². The van der Waals surface area contributed by atoms with Crippen molar-refractivity contribution >= 4 is 5.95 Å². The topological polar surface area (TPSA) is 82.3 Å². The molecule has 1 aliphatic heterocycles. The molecule has 1 aromatic carbocycles. The largest absolute Gasteiger partial charge is 0.483 e. The Balaban J connectivity index is 1.96. The predicted molar refractivity (Wildman–Crippen MR) is 79.5 cm³/mol. The van der Waals surface area contributed by atoms with Crippen LogP contribution >= 0.6 is 0 Å². The molecule has 6 heteroatoms. The molecule has 2 heterocycles. The second kappa shape index (κ2) is 4.89. The van der Waals surface area contributed by atoms with Crippen LogP contribution in [0, 0.1) is 6.92 Å². The van der Waals surface area contributed by atoms with E-state index in [0.29, 0.717) is 17.6 Å². The average molecular weight is 286 g/mol. The van der Waals surface area contributed by atoms with Gasteiger partial charge in [-0.25, -0.2) is 10.8 Å². The first-order valence-corrected chi connectivity index (χ1v) is 6.77. The Kier molecular flexibility index (Phi) is 3.17. The Morgan fingerprint density at radius 1 is 1.38 bits per heavy atom. The van der Waals surface area contributed by atoms with E-state index in [1.807, 2.05) is 19.1 Å². The minimum absolute atomic E-state index is 0.216. The lowest BCUT2D eigenvalue weighted by molar-refractivity contribution is 0.135. The van der Waals surface area contributed by atoms with Gasteiger partial charge in [0, 0.05) is 23.7 Å². The summed E-state index contributed by atoms with van der Waals surface area (Å²) < 4.78 is 11.9. The molecule has 110 valence electrons. The number of benzene rings is 1. The zero-order chi connectivity index (χ0) is 15.0. The fraction of sp³-hybridized carbons (Fsp3) is 0.333. The third-order valence-electron chi connectivity index (χ3n) is 3.32. The predicted octanol–water partition coefficient (Wildman–Crippen LogP) is 2.58. The molecule has 0 unspecified atom stereocenters. The average Bonchev–Trinajstić information content (AvgIpc) is 2.76. The van der Waals surface area contributed by atoms with E-state index in [1.54, 1.807) is 6.20 Å². The maximum absolute atomic E-state index is 5.99. The van der Waals surface area contributed by atoms with Crippen LogP contribution in [0.5, 0.6) is 17.4 Å². The number of hydrazine groups is 1. The molecule has 0 radical (unpaired) electrons. The number of nitrogens with two attached hydrogens (primary N) is 1. The standard InChI is InChI=1S/C15H18N4O2/c1-9-8-17-14(19-16)18-13(9)20-11-6-4-5-10-7-15(2,3)21-12(10)11/h4-6,8H,7,16H2,1-3H3,(H,17,18,19). The summed E-state index contributed by atoms with van der Waals surface area (Å²) in [4.78, 5) is 8.26. The van der Waals surface area contributed by atoms with Gasteiger partial charge in [0.1, 0.15) is 5.60 Å². The number of rotatable bonds is 3. The van der Waals surface area contributed by atoms with E-state index in [1.165, 1.54) is 0 Å². The smallest absolute Gasteiger partial charge is 0.240 e. The Labute approximate surface area is 123 Å². The number of ether oxygens (including phenoxy) is 2. The van der Waals surface area contributed by atoms with Crippen molar-refractivity contribution < 1.29 is 9.47 Å². The van der Waals surface area contributed by atoms with E-state index in [0.717, 1.165) is 23.3 Å². The van der Waals surface area contributed by atoms with E-state index in [2.05, 4.69) is 35.3 Å². The fourth-order valence-corrected chi connectivity index (χ4v) is 2.37. The van der Waals surface area contributed by atoms with E-state index in [9.17, 15) is 0 Å². The first kappa shape index (κ1) is 13.6. The van der Waals surface area contributed by atoms with Gasteiger partial charge in [-0.1, -0.05) is 12.1 Å². The number of nitrogens with one attached hydrogen (secondary N) is 1. The molecule has 0 atom stereocenters. The van der Waals surface area contributed by atoms with E-state index in [4.69, 9.17) is 15.3 Å². The highest BCUT2D eigenvalue weighted by atomic mass is 16.5. The molecular formula is C15H18N4O2. The summed E-state index contributed by atoms with van der Waals surface area (Å²) in [5, 5.41) is 0. The van der Waals surface area contributed by atoms with Crippen LogP contribution in [-0.4, -0.2) is 15.6 Å². The number of nitrogen functional groups attached to an aromatic ring is 1. The van der Waals surface area contributed by atoms with Crippen molar-refractivity contribution in [1.29, 1.82) is 0 Å². The molecule has 0 saturated heterocycles. The van der Waals surface area contributed by atoms with Gasteiger partial charge in [-0.15, -0.1) is 0 Å². The van der Waals surface area contributed by atoms with E-state index < -0.39 is 0 Å². The van der Waals surface area contributed by atoms with Crippen LogP contribution in [-0.2, 0) is 6.42 Å². The summed E-state index contributed by atoms with van der Waals surface area (Å²) >= 11 is 0. The van der Waals surface area contributed by atoms with Gasteiger partial charge < -0.3 is 9.47 Å². The summed E-state index contributed by atoms with van der Waals surface area (Å²) in [6.07, 6.45) is 2.52. The molecule has 0 spiro atoms. The van der Waals surface area contributed by atoms with Crippen LogP contribution in [0.3, 0.4) is 0 Å². The molecule has 6 nitrogen and oxygen atoms in total. The highest BCUT2D eigenvalue weighted by Crippen LogP contribution is 2.43. The number of hydrogen-bond acceptors (Lipinski definition) is 6. The van der Waals surface area contributed by atoms with Crippen molar-refractivity contribution in [3.63, 3.8) is 0 Å². The Bertz CT molecular complexity index is 685. The van der Waals surface area contributed by atoms with E-state index >= 15 is 0 Å². The van der Waals surface area contributed by atoms with Crippen LogP contribution in [0.1, 0.15) is 25.0 Å². The Morgan fingerprint density at radius 2 is 2.19 bits per heavy atom. The minimum atomic E-state index is -0.216. The van der Waals surface area contributed by atoms with Gasteiger partial charge in [0.05, 0.1) is 0 Å². The van der Waals surface area contributed by atoms with Crippen LogP contribution in [0.15, 0.2) is 24.4 Å². The molecule has 2 aromatic rings. The minimum Gasteiger partial charge on any atom is -0.483 e. The molecule has 3 N–H and O–H groups in total. The zero-order valence-corrected chi connectivity index (χ0v) is 12.3. The summed E-state index contributed by atoms with van der Waals surface area (Å²) in [6, 6.07) is 5.88. The number of para-hydroxylation sites is 1.